The molecule has 1 aromatic heterocycles. The van der Waals surface area contributed by atoms with Crippen molar-refractivity contribution >= 4 is 17.2 Å². The zero-order valence-electron chi connectivity index (χ0n) is 14.2. The molecule has 0 unspecified atom stereocenters. The van der Waals surface area contributed by atoms with Crippen LogP contribution in [-0.4, -0.2) is 69.3 Å². The second-order valence-corrected chi connectivity index (χ2v) is 7.61. The molecule has 0 radical (unpaired) electrons. The monoisotopic (exact) mass is 338 g/mol. The molecule has 0 N–H and O–H groups in total. The van der Waals surface area contributed by atoms with E-state index in [9.17, 15) is 4.79 Å². The van der Waals surface area contributed by atoms with Gasteiger partial charge in [0, 0.05) is 38.7 Å². The van der Waals surface area contributed by atoms with Crippen LogP contribution in [0.4, 0.5) is 0 Å². The molecule has 1 aromatic rings. The van der Waals surface area contributed by atoms with Crippen molar-refractivity contribution in [2.75, 3.05) is 47.5 Å². The van der Waals surface area contributed by atoms with Crippen LogP contribution in [0.15, 0.2) is 6.07 Å². The average molecular weight is 338 g/mol. The van der Waals surface area contributed by atoms with Crippen molar-refractivity contribution in [3.8, 4) is 0 Å². The summed E-state index contributed by atoms with van der Waals surface area (Å²) in [5, 5.41) is 0. The Hall–Kier alpha value is -0.950. The van der Waals surface area contributed by atoms with E-state index < -0.39 is 0 Å². The fourth-order valence-corrected chi connectivity index (χ4v) is 4.75. The number of rotatable bonds is 4. The molecule has 0 saturated carbocycles. The third kappa shape index (κ3) is 3.45. The molecule has 0 aromatic carbocycles. The highest BCUT2D eigenvalue weighted by Crippen LogP contribution is 2.34. The summed E-state index contributed by atoms with van der Waals surface area (Å²) in [6, 6.07) is 2.29. The number of likely N-dealkylation sites (N-methyl/N-ethyl adjacent to an activating group) is 1. The molecule has 0 aliphatic carbocycles. The number of carbonyl (C=O) groups is 1. The SMILES string of the molecule is COC[C@@H]1CCCN1C(=O)c1cc2c(s1)CCN(C)C[C@H]2OC. The van der Waals surface area contributed by atoms with Gasteiger partial charge in [0.2, 0.25) is 0 Å². The van der Waals surface area contributed by atoms with Crippen molar-refractivity contribution in [1.29, 1.82) is 0 Å². The van der Waals surface area contributed by atoms with Crippen LogP contribution in [0.2, 0.25) is 0 Å². The molecule has 23 heavy (non-hydrogen) atoms. The van der Waals surface area contributed by atoms with Crippen molar-refractivity contribution in [2.45, 2.75) is 31.4 Å². The minimum absolute atomic E-state index is 0.0589. The van der Waals surface area contributed by atoms with Crippen LogP contribution < -0.4 is 0 Å². The number of nitrogens with zero attached hydrogens (tertiary/aromatic N) is 2. The van der Waals surface area contributed by atoms with E-state index in [1.54, 1.807) is 25.6 Å². The summed E-state index contributed by atoms with van der Waals surface area (Å²) in [7, 11) is 5.57. The summed E-state index contributed by atoms with van der Waals surface area (Å²) < 4.78 is 10.9. The number of fused-ring (bicyclic) bond motifs is 1. The lowest BCUT2D eigenvalue weighted by Crippen LogP contribution is -2.37. The molecule has 1 amide bonds. The van der Waals surface area contributed by atoms with Gasteiger partial charge in [-0.25, -0.2) is 0 Å². The summed E-state index contributed by atoms with van der Waals surface area (Å²) >= 11 is 1.65. The highest BCUT2D eigenvalue weighted by atomic mass is 32.1. The molecule has 128 valence electrons. The van der Waals surface area contributed by atoms with Crippen molar-refractivity contribution in [3.05, 3.63) is 21.4 Å². The molecule has 3 rings (SSSR count). The van der Waals surface area contributed by atoms with Gasteiger partial charge in [0.05, 0.1) is 23.6 Å². The van der Waals surface area contributed by atoms with Crippen LogP contribution in [0.5, 0.6) is 0 Å². The minimum Gasteiger partial charge on any atom is -0.383 e. The van der Waals surface area contributed by atoms with Gasteiger partial charge in [-0.15, -0.1) is 11.3 Å². The maximum absolute atomic E-state index is 12.9. The number of hydrogen-bond acceptors (Lipinski definition) is 5. The maximum Gasteiger partial charge on any atom is 0.264 e. The highest BCUT2D eigenvalue weighted by molar-refractivity contribution is 7.14. The van der Waals surface area contributed by atoms with Gasteiger partial charge in [-0.2, -0.15) is 0 Å². The zero-order valence-corrected chi connectivity index (χ0v) is 15.0. The van der Waals surface area contributed by atoms with Crippen molar-refractivity contribution in [1.82, 2.24) is 9.80 Å². The number of carbonyl (C=O) groups excluding carboxylic acids is 1. The Labute approximate surface area is 142 Å². The van der Waals surface area contributed by atoms with E-state index in [1.165, 1.54) is 10.4 Å². The predicted molar refractivity (Wildman–Crippen MR) is 91.2 cm³/mol. The van der Waals surface area contributed by atoms with Gasteiger partial charge in [-0.1, -0.05) is 0 Å². The molecule has 3 heterocycles. The van der Waals surface area contributed by atoms with Gasteiger partial charge in [0.1, 0.15) is 0 Å². The predicted octanol–water partition coefficient (Wildman–Crippen LogP) is 2.17. The number of methoxy groups -OCH3 is 2. The molecule has 6 heteroatoms. The first kappa shape index (κ1) is 16.9. The maximum atomic E-state index is 12.9. The van der Waals surface area contributed by atoms with Crippen LogP contribution in [0.3, 0.4) is 0 Å². The van der Waals surface area contributed by atoms with Crippen LogP contribution in [0.1, 0.15) is 39.1 Å². The van der Waals surface area contributed by atoms with Gasteiger partial charge in [-0.3, -0.25) is 4.79 Å². The first-order chi connectivity index (χ1) is 11.1. The van der Waals surface area contributed by atoms with E-state index in [-0.39, 0.29) is 18.1 Å². The lowest BCUT2D eigenvalue weighted by atomic mass is 10.1. The van der Waals surface area contributed by atoms with Crippen molar-refractivity contribution < 1.29 is 14.3 Å². The third-order valence-electron chi connectivity index (χ3n) is 4.88. The second-order valence-electron chi connectivity index (χ2n) is 6.48. The fraction of sp³-hybridized carbons (Fsp3) is 0.706. The molecule has 0 spiro atoms. The summed E-state index contributed by atoms with van der Waals surface area (Å²) in [6.45, 7) is 3.36. The molecule has 1 saturated heterocycles. The first-order valence-corrected chi connectivity index (χ1v) is 9.09. The van der Waals surface area contributed by atoms with Crippen LogP contribution in [0.25, 0.3) is 0 Å². The lowest BCUT2D eigenvalue weighted by molar-refractivity contribution is 0.0633. The Morgan fingerprint density at radius 3 is 2.96 bits per heavy atom. The number of amides is 1. The summed E-state index contributed by atoms with van der Waals surface area (Å²) in [4.78, 5) is 19.4. The van der Waals surface area contributed by atoms with E-state index in [1.807, 2.05) is 4.90 Å². The van der Waals surface area contributed by atoms with E-state index in [0.29, 0.717) is 6.61 Å². The smallest absolute Gasteiger partial charge is 0.264 e. The lowest BCUT2D eigenvalue weighted by Gasteiger charge is -2.23. The summed E-state index contributed by atoms with van der Waals surface area (Å²) in [5.74, 6) is 0.158. The van der Waals surface area contributed by atoms with Gasteiger partial charge in [-0.05, 0) is 37.9 Å². The topological polar surface area (TPSA) is 42.0 Å². The van der Waals surface area contributed by atoms with Crippen LogP contribution in [-0.2, 0) is 15.9 Å². The van der Waals surface area contributed by atoms with Crippen molar-refractivity contribution in [2.24, 2.45) is 0 Å². The second kappa shape index (κ2) is 7.30. The van der Waals surface area contributed by atoms with E-state index >= 15 is 0 Å². The average Bonchev–Trinajstić information content (AvgIpc) is 3.14. The number of thiophene rings is 1. The Morgan fingerprint density at radius 2 is 2.22 bits per heavy atom. The van der Waals surface area contributed by atoms with Gasteiger partial charge in [0.15, 0.2) is 0 Å². The molecule has 2 aliphatic heterocycles. The van der Waals surface area contributed by atoms with Crippen LogP contribution in [0, 0.1) is 0 Å². The van der Waals surface area contributed by atoms with Gasteiger partial charge >= 0.3 is 0 Å². The van der Waals surface area contributed by atoms with Crippen LogP contribution >= 0.6 is 11.3 Å². The van der Waals surface area contributed by atoms with Gasteiger partial charge in [0.25, 0.3) is 5.91 Å². The summed E-state index contributed by atoms with van der Waals surface area (Å²) in [6.07, 6.45) is 3.15. The Morgan fingerprint density at radius 1 is 1.39 bits per heavy atom. The van der Waals surface area contributed by atoms with E-state index in [0.717, 1.165) is 43.8 Å². The first-order valence-electron chi connectivity index (χ1n) is 8.28. The Bertz CT molecular complexity index is 560. The summed E-state index contributed by atoms with van der Waals surface area (Å²) in [5.41, 5.74) is 1.20. The normalized spacial score (nSPS) is 25.4. The van der Waals surface area contributed by atoms with Gasteiger partial charge < -0.3 is 19.3 Å². The number of hydrogen-bond donors (Lipinski definition) is 0. The fourth-order valence-electron chi connectivity index (χ4n) is 3.59. The third-order valence-corrected chi connectivity index (χ3v) is 6.08. The molecule has 1 fully saturated rings. The van der Waals surface area contributed by atoms with E-state index in [2.05, 4.69) is 18.0 Å². The Kier molecular flexibility index (Phi) is 5.36. The molecule has 2 atom stereocenters. The molecular weight excluding hydrogens is 312 g/mol. The molecule has 2 aliphatic rings. The van der Waals surface area contributed by atoms with Crippen molar-refractivity contribution in [3.63, 3.8) is 0 Å². The van der Waals surface area contributed by atoms with E-state index in [4.69, 9.17) is 9.47 Å². The number of ether oxygens (including phenoxy) is 2. The molecule has 5 nitrogen and oxygen atoms in total. The number of likely N-dealkylation sites (tertiary alicyclic amines) is 1. The molecular formula is C17H26N2O3S. The minimum atomic E-state index is 0.0589. The quantitative estimate of drug-likeness (QED) is 0.844. The molecule has 0 bridgehead atoms. The highest BCUT2D eigenvalue weighted by Gasteiger charge is 2.32. The Balaban J connectivity index is 1.82. The zero-order chi connectivity index (χ0) is 16.4. The largest absolute Gasteiger partial charge is 0.383 e. The standard InChI is InChI=1S/C17H26N2O3S/c1-18-8-6-15-13(14(10-18)22-3)9-16(23-15)17(20)19-7-4-5-12(19)11-21-2/h9,12,14H,4-8,10-11H2,1-3H3/t12-,14+/m0/s1.